The van der Waals surface area contributed by atoms with Crippen LogP contribution >= 0.6 is 0 Å². The zero-order chi connectivity index (χ0) is 10.8. The fourth-order valence-corrected chi connectivity index (χ4v) is 1.78. The zero-order valence-corrected chi connectivity index (χ0v) is 8.87. The quantitative estimate of drug-likeness (QED) is 0.741. The Bertz CT molecular complexity index is 463. The molecule has 0 aliphatic heterocycles. The summed E-state index contributed by atoms with van der Waals surface area (Å²) in [5.41, 5.74) is 3.50. The molecule has 1 heterocycles. The molecule has 1 aromatic carbocycles. The predicted octanol–water partition coefficient (Wildman–Crippen LogP) is 2.86. The number of rotatable bonds is 2. The summed E-state index contributed by atoms with van der Waals surface area (Å²) in [5.74, 6) is 0.0654. The van der Waals surface area contributed by atoms with Gasteiger partial charge in [0.05, 0.1) is 5.69 Å². The second kappa shape index (κ2) is 3.73. The largest absolute Gasteiger partial charge is 0.359 e. The van der Waals surface area contributed by atoms with Crippen molar-refractivity contribution in [2.45, 2.75) is 13.8 Å². The lowest BCUT2D eigenvalue weighted by atomic mass is 9.98. The molecule has 2 aromatic rings. The molecule has 15 heavy (non-hydrogen) atoms. The lowest BCUT2D eigenvalue weighted by Gasteiger charge is -2.06. The lowest BCUT2D eigenvalue weighted by Crippen LogP contribution is -2.06. The second-order valence-corrected chi connectivity index (χ2v) is 3.68. The molecule has 1 aromatic heterocycles. The van der Waals surface area contributed by atoms with Gasteiger partial charge in [0.2, 0.25) is 5.78 Å². The van der Waals surface area contributed by atoms with Crippen molar-refractivity contribution in [3.8, 4) is 0 Å². The Hall–Kier alpha value is -1.83. The minimum Gasteiger partial charge on any atom is -0.359 e. The molecule has 0 aliphatic carbocycles. The highest BCUT2D eigenvalue weighted by molar-refractivity contribution is 6.09. The molecule has 2 heteroatoms. The molecule has 1 N–H and O–H groups in total. The van der Waals surface area contributed by atoms with E-state index >= 15 is 0 Å². The van der Waals surface area contributed by atoms with Crippen molar-refractivity contribution in [1.82, 2.24) is 4.98 Å². The fraction of sp³-hybridized carbons (Fsp3) is 0.154. The summed E-state index contributed by atoms with van der Waals surface area (Å²) < 4.78 is 0. The number of carbonyl (C=O) groups excluding carboxylic acids is 1. The van der Waals surface area contributed by atoms with Crippen LogP contribution in [0.5, 0.6) is 0 Å². The van der Waals surface area contributed by atoms with Gasteiger partial charge in [0, 0.05) is 11.8 Å². The highest BCUT2D eigenvalue weighted by Gasteiger charge is 2.14. The summed E-state index contributed by atoms with van der Waals surface area (Å²) in [4.78, 5) is 15.1. The van der Waals surface area contributed by atoms with Crippen LogP contribution < -0.4 is 0 Å². The van der Waals surface area contributed by atoms with Crippen LogP contribution in [0, 0.1) is 13.8 Å². The Kier molecular flexibility index (Phi) is 2.42. The van der Waals surface area contributed by atoms with Crippen LogP contribution in [0.3, 0.4) is 0 Å². The van der Waals surface area contributed by atoms with E-state index in [9.17, 15) is 4.79 Å². The smallest absolute Gasteiger partial charge is 0.209 e. The number of H-pyrrole nitrogens is 1. The van der Waals surface area contributed by atoms with Gasteiger partial charge >= 0.3 is 0 Å². The van der Waals surface area contributed by atoms with E-state index in [1.54, 1.807) is 12.3 Å². The lowest BCUT2D eigenvalue weighted by molar-refractivity contribution is 0.103. The Balaban J connectivity index is 2.51. The van der Waals surface area contributed by atoms with Gasteiger partial charge in [0.25, 0.3) is 0 Å². The summed E-state index contributed by atoms with van der Waals surface area (Å²) >= 11 is 0. The van der Waals surface area contributed by atoms with Crippen molar-refractivity contribution in [3.05, 3.63) is 58.9 Å². The van der Waals surface area contributed by atoms with Crippen LogP contribution in [0.4, 0.5) is 0 Å². The van der Waals surface area contributed by atoms with Gasteiger partial charge in [0.1, 0.15) is 0 Å². The van der Waals surface area contributed by atoms with Gasteiger partial charge in [-0.05, 0) is 37.1 Å². The second-order valence-electron chi connectivity index (χ2n) is 3.68. The van der Waals surface area contributed by atoms with E-state index in [0.29, 0.717) is 5.69 Å². The van der Waals surface area contributed by atoms with Crippen molar-refractivity contribution < 1.29 is 4.79 Å². The number of aromatic amines is 1. The number of hydrogen-bond donors (Lipinski definition) is 1. The average Bonchev–Trinajstić information content (AvgIpc) is 2.69. The number of aryl methyl sites for hydroxylation is 2. The maximum Gasteiger partial charge on any atom is 0.209 e. The Morgan fingerprint density at radius 1 is 1.07 bits per heavy atom. The number of aromatic nitrogens is 1. The van der Waals surface area contributed by atoms with Gasteiger partial charge in [-0.1, -0.05) is 18.2 Å². The Morgan fingerprint density at radius 2 is 1.73 bits per heavy atom. The summed E-state index contributed by atoms with van der Waals surface area (Å²) in [5, 5.41) is 0. The molecular weight excluding hydrogens is 186 g/mol. The summed E-state index contributed by atoms with van der Waals surface area (Å²) in [6.07, 6.45) is 1.76. The van der Waals surface area contributed by atoms with Crippen LogP contribution in [0.25, 0.3) is 0 Å². The third-order valence-corrected chi connectivity index (χ3v) is 2.55. The SMILES string of the molecule is Cc1cccc(C)c1C(=O)c1ccc[nH]1. The molecule has 2 nitrogen and oxygen atoms in total. The van der Waals surface area contributed by atoms with Gasteiger partial charge < -0.3 is 4.98 Å². The first-order valence-electron chi connectivity index (χ1n) is 4.94. The molecule has 76 valence electrons. The van der Waals surface area contributed by atoms with Crippen LogP contribution in [0.2, 0.25) is 0 Å². The summed E-state index contributed by atoms with van der Waals surface area (Å²) in [6.45, 7) is 3.92. The first-order chi connectivity index (χ1) is 7.20. The molecule has 0 amide bonds. The van der Waals surface area contributed by atoms with Crippen molar-refractivity contribution in [1.29, 1.82) is 0 Å². The number of benzene rings is 1. The van der Waals surface area contributed by atoms with Crippen molar-refractivity contribution in [3.63, 3.8) is 0 Å². The summed E-state index contributed by atoms with van der Waals surface area (Å²) in [6, 6.07) is 9.53. The fourth-order valence-electron chi connectivity index (χ4n) is 1.78. The van der Waals surface area contributed by atoms with Crippen molar-refractivity contribution in [2.75, 3.05) is 0 Å². The third-order valence-electron chi connectivity index (χ3n) is 2.55. The van der Waals surface area contributed by atoms with Crippen LogP contribution in [0.15, 0.2) is 36.5 Å². The van der Waals surface area contributed by atoms with Crippen molar-refractivity contribution >= 4 is 5.78 Å². The topological polar surface area (TPSA) is 32.9 Å². The molecular formula is C13H13NO. The van der Waals surface area contributed by atoms with E-state index in [1.807, 2.05) is 38.1 Å². The van der Waals surface area contributed by atoms with Gasteiger partial charge in [-0.2, -0.15) is 0 Å². The monoisotopic (exact) mass is 199 g/mol. The highest BCUT2D eigenvalue weighted by Crippen LogP contribution is 2.16. The van der Waals surface area contributed by atoms with Crippen molar-refractivity contribution in [2.24, 2.45) is 0 Å². The van der Waals surface area contributed by atoms with Crippen LogP contribution in [-0.4, -0.2) is 10.8 Å². The Labute approximate surface area is 89.0 Å². The van der Waals surface area contributed by atoms with Gasteiger partial charge in [0.15, 0.2) is 0 Å². The van der Waals surface area contributed by atoms with Gasteiger partial charge in [-0.3, -0.25) is 4.79 Å². The van der Waals surface area contributed by atoms with E-state index in [1.165, 1.54) is 0 Å². The number of ketones is 1. The highest BCUT2D eigenvalue weighted by atomic mass is 16.1. The Morgan fingerprint density at radius 3 is 2.27 bits per heavy atom. The molecule has 0 saturated heterocycles. The third kappa shape index (κ3) is 1.71. The van der Waals surface area contributed by atoms with E-state index in [-0.39, 0.29) is 5.78 Å². The number of nitrogens with one attached hydrogen (secondary N) is 1. The molecule has 2 rings (SSSR count). The molecule has 0 bridgehead atoms. The maximum atomic E-state index is 12.1. The van der Waals surface area contributed by atoms with E-state index in [0.717, 1.165) is 16.7 Å². The van der Waals surface area contributed by atoms with Crippen LogP contribution in [-0.2, 0) is 0 Å². The van der Waals surface area contributed by atoms with E-state index in [2.05, 4.69) is 4.98 Å². The predicted molar refractivity (Wildman–Crippen MR) is 60.1 cm³/mol. The maximum absolute atomic E-state index is 12.1. The van der Waals surface area contributed by atoms with Crippen LogP contribution in [0.1, 0.15) is 27.2 Å². The first-order valence-corrected chi connectivity index (χ1v) is 4.94. The zero-order valence-electron chi connectivity index (χ0n) is 8.87. The molecule has 0 aliphatic rings. The number of carbonyl (C=O) groups is 1. The van der Waals surface area contributed by atoms with E-state index < -0.39 is 0 Å². The molecule has 0 spiro atoms. The first kappa shape index (κ1) is 9.71. The summed E-state index contributed by atoms with van der Waals surface area (Å²) in [7, 11) is 0. The minimum absolute atomic E-state index is 0.0654. The van der Waals surface area contributed by atoms with E-state index in [4.69, 9.17) is 0 Å². The normalized spacial score (nSPS) is 10.3. The standard InChI is InChI=1S/C13H13NO/c1-9-5-3-6-10(2)12(9)13(15)11-7-4-8-14-11/h3-8,14H,1-2H3. The van der Waals surface area contributed by atoms with Gasteiger partial charge in [-0.15, -0.1) is 0 Å². The minimum atomic E-state index is 0.0654. The number of hydrogen-bond acceptors (Lipinski definition) is 1. The van der Waals surface area contributed by atoms with Gasteiger partial charge in [-0.25, -0.2) is 0 Å². The molecule has 0 fully saturated rings. The molecule has 0 unspecified atom stereocenters. The molecule has 0 radical (unpaired) electrons. The molecule has 0 atom stereocenters. The average molecular weight is 199 g/mol. The molecule has 0 saturated carbocycles.